The van der Waals surface area contributed by atoms with Gasteiger partial charge in [0.15, 0.2) is 0 Å². The van der Waals surface area contributed by atoms with Gasteiger partial charge in [0.1, 0.15) is 11.6 Å². The fourth-order valence-corrected chi connectivity index (χ4v) is 4.24. The summed E-state index contributed by atoms with van der Waals surface area (Å²) >= 11 is 0. The van der Waals surface area contributed by atoms with E-state index in [9.17, 15) is 4.79 Å². The summed E-state index contributed by atoms with van der Waals surface area (Å²) in [6, 6.07) is 12.0. The first-order chi connectivity index (χ1) is 16.0. The number of fused-ring (bicyclic) bond motifs is 1. The van der Waals surface area contributed by atoms with Gasteiger partial charge in [-0.2, -0.15) is 0 Å². The lowest BCUT2D eigenvalue weighted by Gasteiger charge is -2.24. The van der Waals surface area contributed by atoms with Crippen molar-refractivity contribution < 1.29 is 4.79 Å². The van der Waals surface area contributed by atoms with E-state index in [0.717, 1.165) is 53.8 Å². The molecule has 0 unspecified atom stereocenters. The number of benzene rings is 1. The fraction of sp³-hybridized carbons (Fsp3) is 0.292. The van der Waals surface area contributed by atoms with E-state index in [2.05, 4.69) is 43.6 Å². The molecule has 2 aliphatic rings. The number of hydrogen-bond donors (Lipinski definition) is 4. The van der Waals surface area contributed by atoms with Crippen LogP contribution in [0.2, 0.25) is 0 Å². The first kappa shape index (κ1) is 21.2. The van der Waals surface area contributed by atoms with Gasteiger partial charge in [-0.05, 0) is 55.6 Å². The Balaban J connectivity index is 1.33. The summed E-state index contributed by atoms with van der Waals surface area (Å²) in [6.07, 6.45) is 7.56. The van der Waals surface area contributed by atoms with Gasteiger partial charge in [0.05, 0.1) is 5.70 Å². The van der Waals surface area contributed by atoms with Crippen molar-refractivity contribution in [3.8, 4) is 0 Å². The fourth-order valence-electron chi connectivity index (χ4n) is 4.24. The highest BCUT2D eigenvalue weighted by atomic mass is 16.1. The molecule has 0 aliphatic carbocycles. The van der Waals surface area contributed by atoms with E-state index in [1.807, 2.05) is 42.4 Å². The Morgan fingerprint density at radius 2 is 1.88 bits per heavy atom. The van der Waals surface area contributed by atoms with E-state index in [4.69, 9.17) is 0 Å². The van der Waals surface area contributed by atoms with E-state index in [1.54, 1.807) is 24.5 Å². The van der Waals surface area contributed by atoms with Gasteiger partial charge >= 0.3 is 0 Å². The first-order valence-corrected chi connectivity index (χ1v) is 11.1. The number of piperidine rings is 1. The average Bonchev–Trinajstić information content (AvgIpc) is 3.17. The van der Waals surface area contributed by atoms with Crippen LogP contribution in [0.3, 0.4) is 0 Å². The maximum atomic E-state index is 12.9. The van der Waals surface area contributed by atoms with Crippen LogP contribution in [0.5, 0.6) is 0 Å². The summed E-state index contributed by atoms with van der Waals surface area (Å²) in [5.74, 6) is 1.02. The quantitative estimate of drug-likeness (QED) is 0.477. The largest absolute Gasteiger partial charge is 0.367 e. The number of nitrogens with one attached hydrogen (secondary N) is 4. The summed E-state index contributed by atoms with van der Waals surface area (Å²) in [6.45, 7) is 1.99. The normalized spacial score (nSPS) is 16.7. The molecule has 0 saturated carbocycles. The SMILES string of the molecule is CN1C=C(c2ccc3cnc(NC(=O)c4ccnc(NC5CCNCC5)c4)cc3c2)N(C)N1. The Kier molecular flexibility index (Phi) is 5.80. The van der Waals surface area contributed by atoms with Crippen molar-refractivity contribution in [1.29, 1.82) is 0 Å². The van der Waals surface area contributed by atoms with Gasteiger partial charge in [0.2, 0.25) is 0 Å². The molecule has 0 bridgehead atoms. The Morgan fingerprint density at radius 3 is 2.67 bits per heavy atom. The summed E-state index contributed by atoms with van der Waals surface area (Å²) in [5.41, 5.74) is 5.88. The molecule has 1 amide bonds. The first-order valence-electron chi connectivity index (χ1n) is 11.1. The van der Waals surface area contributed by atoms with Crippen LogP contribution in [0.4, 0.5) is 11.6 Å². The maximum absolute atomic E-state index is 12.9. The Hall–Kier alpha value is -3.69. The van der Waals surface area contributed by atoms with E-state index >= 15 is 0 Å². The van der Waals surface area contributed by atoms with E-state index in [0.29, 0.717) is 17.4 Å². The molecule has 2 aromatic heterocycles. The van der Waals surface area contributed by atoms with Crippen LogP contribution in [0, 0.1) is 0 Å². The molecule has 3 aromatic rings. The number of rotatable bonds is 5. The number of nitrogens with zero attached hydrogens (tertiary/aromatic N) is 4. The molecule has 33 heavy (non-hydrogen) atoms. The van der Waals surface area contributed by atoms with E-state index in [1.165, 1.54) is 0 Å². The molecule has 9 heteroatoms. The minimum absolute atomic E-state index is 0.210. The van der Waals surface area contributed by atoms with Crippen molar-refractivity contribution in [3.63, 3.8) is 0 Å². The van der Waals surface area contributed by atoms with Gasteiger partial charge in [-0.15, -0.1) is 5.53 Å². The van der Waals surface area contributed by atoms with Gasteiger partial charge in [0, 0.05) is 55.2 Å². The monoisotopic (exact) mass is 444 g/mol. The summed E-state index contributed by atoms with van der Waals surface area (Å²) in [5, 5.41) is 15.6. The predicted octanol–water partition coefficient (Wildman–Crippen LogP) is 2.64. The maximum Gasteiger partial charge on any atom is 0.257 e. The highest BCUT2D eigenvalue weighted by Gasteiger charge is 2.17. The number of carbonyl (C=O) groups is 1. The number of hydrazine groups is 2. The smallest absolute Gasteiger partial charge is 0.257 e. The van der Waals surface area contributed by atoms with Crippen LogP contribution in [-0.4, -0.2) is 59.1 Å². The lowest BCUT2D eigenvalue weighted by molar-refractivity contribution is 0.102. The third kappa shape index (κ3) is 4.74. The third-order valence-corrected chi connectivity index (χ3v) is 5.96. The number of carbonyl (C=O) groups excluding carboxylic acids is 1. The molecular weight excluding hydrogens is 416 g/mol. The number of anilines is 2. The molecule has 0 radical (unpaired) electrons. The van der Waals surface area contributed by atoms with Crippen molar-refractivity contribution in [2.24, 2.45) is 0 Å². The third-order valence-electron chi connectivity index (χ3n) is 5.96. The van der Waals surface area contributed by atoms with Gasteiger partial charge in [-0.3, -0.25) is 14.8 Å². The molecule has 170 valence electrons. The highest BCUT2D eigenvalue weighted by molar-refractivity contribution is 6.05. The molecule has 1 saturated heterocycles. The molecule has 0 atom stereocenters. The van der Waals surface area contributed by atoms with Gasteiger partial charge in [0.25, 0.3) is 5.91 Å². The molecule has 0 spiro atoms. The lowest BCUT2D eigenvalue weighted by atomic mass is 10.1. The second kappa shape index (κ2) is 9.05. The van der Waals surface area contributed by atoms with Crippen molar-refractivity contribution >= 4 is 34.0 Å². The molecule has 4 heterocycles. The summed E-state index contributed by atoms with van der Waals surface area (Å²) in [7, 11) is 3.93. The van der Waals surface area contributed by atoms with Crippen molar-refractivity contribution in [3.05, 3.63) is 66.1 Å². The van der Waals surface area contributed by atoms with Gasteiger partial charge in [-0.25, -0.2) is 9.97 Å². The topological polar surface area (TPSA) is 97.5 Å². The van der Waals surface area contributed by atoms with Crippen LogP contribution in [-0.2, 0) is 0 Å². The van der Waals surface area contributed by atoms with Gasteiger partial charge < -0.3 is 16.0 Å². The second-order valence-electron chi connectivity index (χ2n) is 8.47. The van der Waals surface area contributed by atoms with Crippen molar-refractivity contribution in [1.82, 2.24) is 30.8 Å². The summed E-state index contributed by atoms with van der Waals surface area (Å²) < 4.78 is 0. The second-order valence-corrected chi connectivity index (χ2v) is 8.47. The Morgan fingerprint density at radius 1 is 1.03 bits per heavy atom. The number of amides is 1. The number of pyridine rings is 2. The molecule has 1 aromatic carbocycles. The Labute approximate surface area is 192 Å². The van der Waals surface area contributed by atoms with Crippen LogP contribution < -0.4 is 21.5 Å². The minimum atomic E-state index is -0.210. The Bertz CT molecular complexity index is 1200. The molecule has 9 nitrogen and oxygen atoms in total. The number of hydrogen-bond acceptors (Lipinski definition) is 8. The molecule has 1 fully saturated rings. The molecule has 2 aliphatic heterocycles. The zero-order valence-corrected chi connectivity index (χ0v) is 18.8. The van der Waals surface area contributed by atoms with Crippen LogP contribution in [0.15, 0.2) is 55.0 Å². The lowest BCUT2D eigenvalue weighted by Crippen LogP contribution is -2.35. The molecule has 4 N–H and O–H groups in total. The van der Waals surface area contributed by atoms with Crippen molar-refractivity contribution in [2.45, 2.75) is 18.9 Å². The zero-order chi connectivity index (χ0) is 22.8. The number of aromatic nitrogens is 2. The van der Waals surface area contributed by atoms with Crippen LogP contribution >= 0.6 is 0 Å². The predicted molar refractivity (Wildman–Crippen MR) is 130 cm³/mol. The zero-order valence-electron chi connectivity index (χ0n) is 18.8. The molecular formula is C24H28N8O. The highest BCUT2D eigenvalue weighted by Crippen LogP contribution is 2.26. The molecule has 5 rings (SSSR count). The van der Waals surface area contributed by atoms with Crippen molar-refractivity contribution in [2.75, 3.05) is 37.8 Å². The van der Waals surface area contributed by atoms with Crippen LogP contribution in [0.25, 0.3) is 16.5 Å². The summed E-state index contributed by atoms with van der Waals surface area (Å²) in [4.78, 5) is 21.7. The minimum Gasteiger partial charge on any atom is -0.367 e. The van der Waals surface area contributed by atoms with E-state index in [-0.39, 0.29) is 5.91 Å². The van der Waals surface area contributed by atoms with Crippen LogP contribution in [0.1, 0.15) is 28.8 Å². The van der Waals surface area contributed by atoms with Gasteiger partial charge in [-0.1, -0.05) is 12.1 Å². The van der Waals surface area contributed by atoms with E-state index < -0.39 is 0 Å². The average molecular weight is 445 g/mol. The standard InChI is InChI=1S/C24H28N8O/c1-31-15-21(32(2)30-31)16-3-4-18-14-27-23(13-19(18)11-16)29-24(33)17-5-10-26-22(12-17)28-20-6-8-25-9-7-20/h3-5,10-15,20,25,30H,6-9H2,1-2H3,(H,26,28)(H,27,29,33).